The lowest BCUT2D eigenvalue weighted by Crippen LogP contribution is -2.17. The van der Waals surface area contributed by atoms with Gasteiger partial charge >= 0.3 is 0 Å². The zero-order chi connectivity index (χ0) is 12.3. The van der Waals surface area contributed by atoms with Crippen LogP contribution >= 0.6 is 23.1 Å². The largest absolute Gasteiger partial charge is 0.328 e. The summed E-state index contributed by atoms with van der Waals surface area (Å²) < 4.78 is 1.34. The van der Waals surface area contributed by atoms with Crippen LogP contribution in [-0.2, 0) is 6.42 Å². The van der Waals surface area contributed by atoms with Crippen molar-refractivity contribution in [2.75, 3.05) is 0 Å². The molecule has 0 amide bonds. The van der Waals surface area contributed by atoms with Crippen LogP contribution in [-0.4, -0.2) is 6.04 Å². The lowest BCUT2D eigenvalue weighted by atomic mass is 10.1. The molecule has 0 bridgehead atoms. The number of aryl methyl sites for hydroxylation is 1. The Balaban J connectivity index is 2.14. The van der Waals surface area contributed by atoms with Crippen LogP contribution in [0.2, 0.25) is 0 Å². The maximum atomic E-state index is 5.82. The van der Waals surface area contributed by atoms with Crippen molar-refractivity contribution in [1.29, 1.82) is 0 Å². The van der Waals surface area contributed by atoms with Crippen molar-refractivity contribution in [1.82, 2.24) is 0 Å². The number of rotatable bonds is 4. The van der Waals surface area contributed by atoms with E-state index in [1.165, 1.54) is 20.2 Å². The summed E-state index contributed by atoms with van der Waals surface area (Å²) in [5, 5.41) is 2.11. The van der Waals surface area contributed by atoms with Gasteiger partial charge in [-0.2, -0.15) is 0 Å². The molecular weight excluding hydrogens is 246 g/mol. The molecule has 1 aromatic heterocycles. The summed E-state index contributed by atoms with van der Waals surface area (Å²) in [6.07, 6.45) is 0.949. The Morgan fingerprint density at radius 1 is 1.35 bits per heavy atom. The Morgan fingerprint density at radius 2 is 2.18 bits per heavy atom. The Labute approximate surface area is 111 Å². The summed E-state index contributed by atoms with van der Waals surface area (Å²) in [7, 11) is 0. The summed E-state index contributed by atoms with van der Waals surface area (Å²) in [6.45, 7) is 4.21. The average Bonchev–Trinajstić information content (AvgIpc) is 2.74. The molecule has 17 heavy (non-hydrogen) atoms. The topological polar surface area (TPSA) is 26.0 Å². The van der Waals surface area contributed by atoms with Gasteiger partial charge in [0.15, 0.2) is 0 Å². The molecule has 0 saturated heterocycles. The van der Waals surface area contributed by atoms with Gasteiger partial charge in [0.1, 0.15) is 0 Å². The minimum absolute atomic E-state index is 0.227. The molecular formula is C14H17NS2. The van der Waals surface area contributed by atoms with E-state index in [0.29, 0.717) is 0 Å². The first-order valence-corrected chi connectivity index (χ1v) is 7.41. The molecule has 3 heteroatoms. The van der Waals surface area contributed by atoms with Crippen molar-refractivity contribution in [2.45, 2.75) is 35.4 Å². The quantitative estimate of drug-likeness (QED) is 0.899. The van der Waals surface area contributed by atoms with Gasteiger partial charge in [0.05, 0.1) is 4.21 Å². The van der Waals surface area contributed by atoms with Crippen LogP contribution in [0.5, 0.6) is 0 Å². The molecule has 2 N–H and O–H groups in total. The first-order valence-electron chi connectivity index (χ1n) is 5.71. The average molecular weight is 263 g/mol. The van der Waals surface area contributed by atoms with Crippen LogP contribution in [0.3, 0.4) is 0 Å². The fourth-order valence-electron chi connectivity index (χ4n) is 1.75. The van der Waals surface area contributed by atoms with Crippen molar-refractivity contribution < 1.29 is 0 Å². The summed E-state index contributed by atoms with van der Waals surface area (Å²) in [5.74, 6) is 0. The highest BCUT2D eigenvalue weighted by atomic mass is 32.2. The molecule has 1 atom stereocenters. The van der Waals surface area contributed by atoms with Gasteiger partial charge in [-0.15, -0.1) is 11.3 Å². The van der Waals surface area contributed by atoms with Gasteiger partial charge < -0.3 is 5.73 Å². The van der Waals surface area contributed by atoms with Crippen LogP contribution < -0.4 is 5.73 Å². The second kappa shape index (κ2) is 5.71. The summed E-state index contributed by atoms with van der Waals surface area (Å²) in [4.78, 5) is 1.33. The highest BCUT2D eigenvalue weighted by molar-refractivity contribution is 8.01. The smallest absolute Gasteiger partial charge is 0.0646 e. The molecule has 2 aromatic rings. The molecule has 1 aromatic carbocycles. The molecule has 0 aliphatic rings. The number of hydrogen-bond acceptors (Lipinski definition) is 3. The summed E-state index contributed by atoms with van der Waals surface area (Å²) in [6, 6.07) is 11.1. The van der Waals surface area contributed by atoms with Crippen LogP contribution in [0.1, 0.15) is 18.1 Å². The molecule has 0 aliphatic carbocycles. The van der Waals surface area contributed by atoms with Gasteiger partial charge in [-0.3, -0.25) is 0 Å². The van der Waals surface area contributed by atoms with Crippen molar-refractivity contribution in [2.24, 2.45) is 5.73 Å². The van der Waals surface area contributed by atoms with Gasteiger partial charge in [0, 0.05) is 10.9 Å². The standard InChI is InChI=1S/C14H17NS2/c1-10-8-12(9-11(2)15)5-6-13(10)17-14-4-3-7-16-14/h3-8,11H,9,15H2,1-2H3. The van der Waals surface area contributed by atoms with Gasteiger partial charge in [-0.05, 0) is 48.9 Å². The van der Waals surface area contributed by atoms with E-state index in [2.05, 4.69) is 42.6 Å². The lowest BCUT2D eigenvalue weighted by molar-refractivity contribution is 0.737. The minimum Gasteiger partial charge on any atom is -0.328 e. The summed E-state index contributed by atoms with van der Waals surface area (Å²) in [5.41, 5.74) is 8.48. The Hall–Kier alpha value is -0.770. The van der Waals surface area contributed by atoms with Crippen LogP contribution in [0.15, 0.2) is 44.8 Å². The molecule has 1 nitrogen and oxygen atoms in total. The van der Waals surface area contributed by atoms with Gasteiger partial charge in [0.2, 0.25) is 0 Å². The predicted octanol–water partition coefficient (Wildman–Crippen LogP) is 4.10. The van der Waals surface area contributed by atoms with E-state index in [1.54, 1.807) is 11.3 Å². The predicted molar refractivity (Wildman–Crippen MR) is 77.0 cm³/mol. The molecule has 1 unspecified atom stereocenters. The molecule has 90 valence electrons. The van der Waals surface area contributed by atoms with Gasteiger partial charge in [-0.1, -0.05) is 30.0 Å². The second-order valence-corrected chi connectivity index (χ2v) is 6.61. The van der Waals surface area contributed by atoms with Crippen LogP contribution in [0.25, 0.3) is 0 Å². The fourth-order valence-corrected chi connectivity index (χ4v) is 3.55. The SMILES string of the molecule is Cc1cc(CC(C)N)ccc1Sc1cccs1. The number of hydrogen-bond donors (Lipinski definition) is 1. The van der Waals surface area contributed by atoms with Crippen LogP contribution in [0.4, 0.5) is 0 Å². The molecule has 0 aliphatic heterocycles. The van der Waals surface area contributed by atoms with Crippen molar-refractivity contribution in [3.05, 3.63) is 46.8 Å². The van der Waals surface area contributed by atoms with Crippen molar-refractivity contribution >= 4 is 23.1 Å². The van der Waals surface area contributed by atoms with Crippen LogP contribution in [0, 0.1) is 6.92 Å². The zero-order valence-corrected chi connectivity index (χ0v) is 11.8. The summed E-state index contributed by atoms with van der Waals surface area (Å²) >= 11 is 3.62. The van der Waals surface area contributed by atoms with Gasteiger partial charge in [-0.25, -0.2) is 0 Å². The minimum atomic E-state index is 0.227. The second-order valence-electron chi connectivity index (χ2n) is 4.32. The first-order chi connectivity index (χ1) is 8.15. The van der Waals surface area contributed by atoms with Gasteiger partial charge in [0.25, 0.3) is 0 Å². The zero-order valence-electron chi connectivity index (χ0n) is 10.1. The van der Waals surface area contributed by atoms with Crippen molar-refractivity contribution in [3.63, 3.8) is 0 Å². The molecule has 2 rings (SSSR count). The van der Waals surface area contributed by atoms with E-state index in [1.807, 2.05) is 18.7 Å². The monoisotopic (exact) mass is 263 g/mol. The third-order valence-corrected chi connectivity index (χ3v) is 4.72. The molecule has 0 fully saturated rings. The van der Waals surface area contributed by atoms with E-state index in [4.69, 9.17) is 5.73 Å². The Kier molecular flexibility index (Phi) is 4.26. The van der Waals surface area contributed by atoms with E-state index in [-0.39, 0.29) is 6.04 Å². The molecule has 0 radical (unpaired) electrons. The van der Waals surface area contributed by atoms with E-state index >= 15 is 0 Å². The number of benzene rings is 1. The Morgan fingerprint density at radius 3 is 2.76 bits per heavy atom. The van der Waals surface area contributed by atoms with E-state index < -0.39 is 0 Å². The highest BCUT2D eigenvalue weighted by Gasteiger charge is 2.04. The molecule has 1 heterocycles. The maximum Gasteiger partial charge on any atom is 0.0646 e. The van der Waals surface area contributed by atoms with E-state index in [0.717, 1.165) is 6.42 Å². The van der Waals surface area contributed by atoms with E-state index in [9.17, 15) is 0 Å². The lowest BCUT2D eigenvalue weighted by Gasteiger charge is -2.09. The maximum absolute atomic E-state index is 5.82. The first kappa shape index (κ1) is 12.7. The molecule has 0 saturated carbocycles. The third kappa shape index (κ3) is 3.60. The third-order valence-electron chi connectivity index (χ3n) is 2.50. The Bertz CT molecular complexity index is 475. The normalized spacial score (nSPS) is 12.6. The van der Waals surface area contributed by atoms with Crippen molar-refractivity contribution in [3.8, 4) is 0 Å². The number of thiophene rings is 1. The molecule has 0 spiro atoms. The highest BCUT2D eigenvalue weighted by Crippen LogP contribution is 2.33. The fraction of sp³-hybridized carbons (Fsp3) is 0.286. The number of nitrogens with two attached hydrogens (primary N) is 1.